The average molecular weight is 364 g/mol. The number of methoxy groups -OCH3 is 1. The summed E-state index contributed by atoms with van der Waals surface area (Å²) < 4.78 is 9.49. The van der Waals surface area contributed by atoms with E-state index in [4.69, 9.17) is 10.5 Å². The number of rotatable bonds is 8. The Hall–Kier alpha value is -2.55. The van der Waals surface area contributed by atoms with Gasteiger partial charge in [-0.25, -0.2) is 19.6 Å². The van der Waals surface area contributed by atoms with Crippen molar-refractivity contribution < 1.29 is 19.1 Å². The molecular formula is C16H20N4O4S. The second-order valence-corrected chi connectivity index (χ2v) is 6.25. The summed E-state index contributed by atoms with van der Waals surface area (Å²) in [7, 11) is 1.30. The molecule has 0 unspecified atom stereocenters. The number of aromatic nitrogens is 3. The number of carbonyl (C=O) groups is 2. The van der Waals surface area contributed by atoms with Gasteiger partial charge in [0, 0.05) is 6.20 Å². The van der Waals surface area contributed by atoms with E-state index in [2.05, 4.69) is 19.7 Å². The van der Waals surface area contributed by atoms with Crippen LogP contribution in [0.15, 0.2) is 12.4 Å². The van der Waals surface area contributed by atoms with Crippen molar-refractivity contribution in [2.75, 3.05) is 19.5 Å². The molecule has 0 aliphatic heterocycles. The van der Waals surface area contributed by atoms with Gasteiger partial charge in [0.05, 0.1) is 30.6 Å². The lowest BCUT2D eigenvalue weighted by Gasteiger charge is -2.01. The highest BCUT2D eigenvalue weighted by Gasteiger charge is 2.17. The quantitative estimate of drug-likeness (QED) is 0.558. The number of esters is 2. The van der Waals surface area contributed by atoms with Crippen LogP contribution < -0.4 is 5.73 Å². The summed E-state index contributed by atoms with van der Waals surface area (Å²) in [6, 6.07) is 0. The third kappa shape index (κ3) is 5.21. The molecule has 25 heavy (non-hydrogen) atoms. The number of nitrogens with zero attached hydrogens (tertiary/aromatic N) is 3. The summed E-state index contributed by atoms with van der Waals surface area (Å²) in [4.78, 5) is 35.4. The first-order valence-corrected chi connectivity index (χ1v) is 8.68. The molecule has 0 atom stereocenters. The van der Waals surface area contributed by atoms with Gasteiger partial charge >= 0.3 is 11.9 Å². The first kappa shape index (κ1) is 18.8. The Morgan fingerprint density at radius 1 is 1.16 bits per heavy atom. The van der Waals surface area contributed by atoms with Crippen molar-refractivity contribution in [2.45, 2.75) is 32.6 Å². The molecule has 8 nitrogen and oxygen atoms in total. The second-order valence-electron chi connectivity index (χ2n) is 5.13. The number of carbonyl (C=O) groups excluding carboxylic acids is 2. The van der Waals surface area contributed by atoms with Crippen molar-refractivity contribution in [3.63, 3.8) is 0 Å². The van der Waals surface area contributed by atoms with Gasteiger partial charge in [-0.15, -0.1) is 11.3 Å². The minimum atomic E-state index is -0.502. The van der Waals surface area contributed by atoms with E-state index < -0.39 is 11.9 Å². The maximum atomic E-state index is 11.7. The van der Waals surface area contributed by atoms with Gasteiger partial charge in [0.1, 0.15) is 5.00 Å². The molecule has 0 aliphatic carbocycles. The molecule has 0 bridgehead atoms. The summed E-state index contributed by atoms with van der Waals surface area (Å²) in [5, 5.41) is 1.20. The average Bonchev–Trinajstić information content (AvgIpc) is 2.99. The maximum Gasteiger partial charge on any atom is 0.360 e. The Labute approximate surface area is 149 Å². The minimum Gasteiger partial charge on any atom is -0.464 e. The Balaban J connectivity index is 1.80. The van der Waals surface area contributed by atoms with E-state index in [1.54, 1.807) is 13.1 Å². The molecule has 2 heterocycles. The van der Waals surface area contributed by atoms with Crippen LogP contribution in [-0.2, 0) is 22.3 Å². The molecule has 0 spiro atoms. The Morgan fingerprint density at radius 2 is 1.92 bits per heavy atom. The number of ether oxygens (including phenoxy) is 2. The van der Waals surface area contributed by atoms with Gasteiger partial charge in [-0.05, 0) is 32.6 Å². The molecular weight excluding hydrogens is 344 g/mol. The van der Waals surface area contributed by atoms with Crippen molar-refractivity contribution in [1.29, 1.82) is 0 Å². The molecule has 2 aromatic rings. The van der Waals surface area contributed by atoms with Crippen LogP contribution in [0.4, 0.5) is 5.00 Å². The van der Waals surface area contributed by atoms with Crippen LogP contribution in [0.1, 0.15) is 51.4 Å². The van der Waals surface area contributed by atoms with Crippen molar-refractivity contribution in [2.24, 2.45) is 0 Å². The number of anilines is 1. The summed E-state index contributed by atoms with van der Waals surface area (Å²) in [6.45, 7) is 2.03. The van der Waals surface area contributed by atoms with E-state index in [1.165, 1.54) is 24.6 Å². The molecule has 0 amide bonds. The zero-order valence-corrected chi connectivity index (χ0v) is 15.0. The van der Waals surface area contributed by atoms with Crippen LogP contribution in [0.25, 0.3) is 0 Å². The standard InChI is InChI=1S/C16H20N4O4S/c1-3-24-16(22)13-14(17)25-12(20-13)7-5-4-6-10-8-19-11(9-18-10)15(21)23-2/h8-9H,3-7,17H2,1-2H3. The van der Waals surface area contributed by atoms with Gasteiger partial charge in [0.2, 0.25) is 0 Å². The Morgan fingerprint density at radius 3 is 2.56 bits per heavy atom. The predicted octanol–water partition coefficient (Wildman–Crippen LogP) is 2.04. The highest BCUT2D eigenvalue weighted by atomic mass is 32.1. The van der Waals surface area contributed by atoms with Crippen molar-refractivity contribution in [3.05, 3.63) is 34.5 Å². The van der Waals surface area contributed by atoms with E-state index in [0.717, 1.165) is 36.4 Å². The molecule has 0 aliphatic rings. The fraction of sp³-hybridized carbons (Fsp3) is 0.438. The molecule has 0 fully saturated rings. The Bertz CT molecular complexity index is 730. The maximum absolute atomic E-state index is 11.7. The van der Waals surface area contributed by atoms with Crippen LogP contribution in [0.5, 0.6) is 0 Å². The summed E-state index contributed by atoms with van der Waals surface area (Å²) in [6.07, 6.45) is 6.19. The van der Waals surface area contributed by atoms with Gasteiger partial charge in [-0.3, -0.25) is 4.98 Å². The number of nitrogen functional groups attached to an aromatic ring is 1. The monoisotopic (exact) mass is 364 g/mol. The molecule has 2 rings (SSSR count). The first-order valence-electron chi connectivity index (χ1n) is 7.86. The summed E-state index contributed by atoms with van der Waals surface area (Å²) >= 11 is 1.31. The van der Waals surface area contributed by atoms with Gasteiger partial charge in [0.15, 0.2) is 11.4 Å². The van der Waals surface area contributed by atoms with E-state index in [9.17, 15) is 9.59 Å². The molecule has 2 aromatic heterocycles. The molecule has 0 saturated heterocycles. The molecule has 2 N–H and O–H groups in total. The van der Waals surface area contributed by atoms with Crippen molar-refractivity contribution >= 4 is 28.3 Å². The van der Waals surface area contributed by atoms with Crippen LogP contribution in [0.2, 0.25) is 0 Å². The van der Waals surface area contributed by atoms with Crippen molar-refractivity contribution in [3.8, 4) is 0 Å². The highest BCUT2D eigenvalue weighted by molar-refractivity contribution is 7.15. The largest absolute Gasteiger partial charge is 0.464 e. The topological polar surface area (TPSA) is 117 Å². The molecule has 9 heteroatoms. The van der Waals surface area contributed by atoms with E-state index in [-0.39, 0.29) is 11.4 Å². The number of hydrogen-bond acceptors (Lipinski definition) is 9. The Kier molecular flexibility index (Phi) is 6.81. The summed E-state index contributed by atoms with van der Waals surface area (Å²) in [5.74, 6) is -0.985. The lowest BCUT2D eigenvalue weighted by atomic mass is 10.1. The molecule has 134 valence electrons. The van der Waals surface area contributed by atoms with Crippen molar-refractivity contribution in [1.82, 2.24) is 15.0 Å². The van der Waals surface area contributed by atoms with Gasteiger partial charge < -0.3 is 15.2 Å². The normalized spacial score (nSPS) is 10.5. The van der Waals surface area contributed by atoms with E-state index in [0.29, 0.717) is 11.6 Å². The minimum absolute atomic E-state index is 0.191. The smallest absolute Gasteiger partial charge is 0.360 e. The van der Waals surface area contributed by atoms with E-state index in [1.807, 2.05) is 0 Å². The van der Waals surface area contributed by atoms with Crippen LogP contribution >= 0.6 is 11.3 Å². The van der Waals surface area contributed by atoms with Crippen LogP contribution in [0, 0.1) is 0 Å². The van der Waals surface area contributed by atoms with Gasteiger partial charge in [-0.1, -0.05) is 0 Å². The molecule has 0 saturated carbocycles. The third-order valence-electron chi connectivity index (χ3n) is 3.34. The number of thiazole rings is 1. The first-order chi connectivity index (χ1) is 12.0. The van der Waals surface area contributed by atoms with Crippen LogP contribution in [0.3, 0.4) is 0 Å². The summed E-state index contributed by atoms with van der Waals surface area (Å²) in [5.41, 5.74) is 7.01. The fourth-order valence-electron chi connectivity index (χ4n) is 2.11. The number of aryl methyl sites for hydroxylation is 2. The lowest BCUT2D eigenvalue weighted by Crippen LogP contribution is -2.07. The van der Waals surface area contributed by atoms with Gasteiger partial charge in [0.25, 0.3) is 0 Å². The predicted molar refractivity (Wildman–Crippen MR) is 92.5 cm³/mol. The highest BCUT2D eigenvalue weighted by Crippen LogP contribution is 2.23. The molecule has 0 radical (unpaired) electrons. The number of hydrogen-bond donors (Lipinski definition) is 1. The zero-order valence-electron chi connectivity index (χ0n) is 14.2. The molecule has 0 aromatic carbocycles. The SMILES string of the molecule is CCOC(=O)c1nc(CCCCc2cnc(C(=O)OC)cn2)sc1N. The lowest BCUT2D eigenvalue weighted by molar-refractivity contribution is 0.0520. The number of unbranched alkanes of at least 4 members (excludes halogenated alkanes) is 1. The third-order valence-corrected chi connectivity index (χ3v) is 4.28. The van der Waals surface area contributed by atoms with Gasteiger partial charge in [-0.2, -0.15) is 0 Å². The zero-order chi connectivity index (χ0) is 18.2. The van der Waals surface area contributed by atoms with Crippen LogP contribution in [-0.4, -0.2) is 40.6 Å². The fourth-order valence-corrected chi connectivity index (χ4v) is 2.97. The second kappa shape index (κ2) is 9.07. The number of nitrogens with two attached hydrogens (primary N) is 1. The van der Waals surface area contributed by atoms with E-state index >= 15 is 0 Å².